The van der Waals surface area contributed by atoms with Crippen LogP contribution in [0.1, 0.15) is 40.4 Å². The first-order chi connectivity index (χ1) is 14.7. The molecule has 3 aromatic carbocycles. The van der Waals surface area contributed by atoms with Crippen LogP contribution in [0.5, 0.6) is 0 Å². The number of benzene rings is 3. The van der Waals surface area contributed by atoms with Crippen molar-refractivity contribution in [3.63, 3.8) is 0 Å². The largest absolute Gasteiger partial charge is 0.345 e. The number of nitrogens with zero attached hydrogens (tertiary/aromatic N) is 1. The number of carbonyl (C=O) groups is 1. The zero-order chi connectivity index (χ0) is 20.5. The molecule has 1 aromatic heterocycles. The van der Waals surface area contributed by atoms with Gasteiger partial charge in [0, 0.05) is 15.4 Å². The molecule has 0 saturated heterocycles. The van der Waals surface area contributed by atoms with Gasteiger partial charge >= 0.3 is 0 Å². The average molecular weight is 457 g/mol. The Kier molecular flexibility index (Phi) is 5.09. The van der Waals surface area contributed by atoms with Gasteiger partial charge in [-0.3, -0.25) is 4.79 Å². The lowest BCUT2D eigenvalue weighted by Crippen LogP contribution is -2.31. The fraction of sp³-hybridized carbons (Fsp3) is 0.154. The number of pyridine rings is 1. The van der Waals surface area contributed by atoms with Crippen molar-refractivity contribution in [3.05, 3.63) is 100 Å². The molecule has 1 aliphatic carbocycles. The number of carbonyl (C=O) groups excluding carboxylic acids is 1. The van der Waals surface area contributed by atoms with Crippen LogP contribution in [0.4, 0.5) is 0 Å². The van der Waals surface area contributed by atoms with Crippen LogP contribution in [-0.2, 0) is 6.42 Å². The normalized spacial score (nSPS) is 15.6. The highest BCUT2D eigenvalue weighted by atomic mass is 79.9. The first-order valence-corrected chi connectivity index (χ1v) is 11.0. The molecule has 0 bridgehead atoms. The van der Waals surface area contributed by atoms with Crippen molar-refractivity contribution >= 4 is 32.7 Å². The van der Waals surface area contributed by atoms with Gasteiger partial charge in [0.15, 0.2) is 0 Å². The number of rotatable bonds is 3. The molecule has 4 heteroatoms. The van der Waals surface area contributed by atoms with Crippen molar-refractivity contribution in [2.45, 2.75) is 25.3 Å². The summed E-state index contributed by atoms with van der Waals surface area (Å²) in [5, 5.41) is 4.17. The van der Waals surface area contributed by atoms with Gasteiger partial charge in [-0.2, -0.15) is 0 Å². The summed E-state index contributed by atoms with van der Waals surface area (Å²) in [6.45, 7) is 0. The minimum absolute atomic E-state index is 0.0451. The standard InChI is InChI=1S/C26H21BrN2O/c27-19-10-5-9-18(15-19)25-16-22(21-12-3-4-13-24(21)28-25)26(30)29-23-14-6-8-17-7-1-2-11-20(17)23/h1-5,7,9-13,15-16,23H,6,8,14H2,(H,29,30)/t23-/m0/s1. The Bertz CT molecular complexity index is 1250. The van der Waals surface area contributed by atoms with Crippen molar-refractivity contribution in [2.75, 3.05) is 0 Å². The van der Waals surface area contributed by atoms with Crippen LogP contribution in [-0.4, -0.2) is 10.9 Å². The van der Waals surface area contributed by atoms with E-state index in [0.717, 1.165) is 45.9 Å². The van der Waals surface area contributed by atoms with E-state index in [2.05, 4.69) is 45.5 Å². The summed E-state index contributed by atoms with van der Waals surface area (Å²) >= 11 is 3.53. The second-order valence-electron chi connectivity index (χ2n) is 7.70. The third kappa shape index (κ3) is 3.63. The lowest BCUT2D eigenvalue weighted by atomic mass is 9.87. The Balaban J connectivity index is 1.56. The number of hydrogen-bond donors (Lipinski definition) is 1. The second-order valence-corrected chi connectivity index (χ2v) is 8.62. The number of fused-ring (bicyclic) bond motifs is 2. The van der Waals surface area contributed by atoms with Crippen LogP contribution in [0, 0.1) is 0 Å². The van der Waals surface area contributed by atoms with Gasteiger partial charge in [0.25, 0.3) is 5.91 Å². The Morgan fingerprint density at radius 1 is 0.967 bits per heavy atom. The summed E-state index contributed by atoms with van der Waals surface area (Å²) in [6, 6.07) is 26.2. The molecule has 1 aliphatic rings. The molecule has 4 aromatic rings. The van der Waals surface area contributed by atoms with E-state index in [-0.39, 0.29) is 11.9 Å². The molecule has 0 fully saturated rings. The predicted molar refractivity (Wildman–Crippen MR) is 124 cm³/mol. The number of nitrogens with one attached hydrogen (secondary N) is 1. The molecule has 1 atom stereocenters. The second kappa shape index (κ2) is 8.04. The van der Waals surface area contributed by atoms with E-state index in [1.54, 1.807) is 0 Å². The molecule has 0 radical (unpaired) electrons. The summed E-state index contributed by atoms with van der Waals surface area (Å²) in [7, 11) is 0. The maximum Gasteiger partial charge on any atom is 0.252 e. The maximum absolute atomic E-state index is 13.4. The van der Waals surface area contributed by atoms with Gasteiger partial charge in [-0.15, -0.1) is 0 Å². The van der Waals surface area contributed by atoms with Crippen molar-refractivity contribution in [1.29, 1.82) is 0 Å². The van der Waals surface area contributed by atoms with E-state index in [9.17, 15) is 4.79 Å². The van der Waals surface area contributed by atoms with Crippen LogP contribution in [0.25, 0.3) is 22.2 Å². The molecule has 0 aliphatic heterocycles. The molecule has 0 spiro atoms. The highest BCUT2D eigenvalue weighted by Crippen LogP contribution is 2.31. The fourth-order valence-electron chi connectivity index (χ4n) is 4.30. The van der Waals surface area contributed by atoms with E-state index in [1.807, 2.05) is 54.6 Å². The fourth-order valence-corrected chi connectivity index (χ4v) is 4.70. The van der Waals surface area contributed by atoms with E-state index in [1.165, 1.54) is 11.1 Å². The van der Waals surface area contributed by atoms with Gasteiger partial charge < -0.3 is 5.32 Å². The van der Waals surface area contributed by atoms with Crippen LogP contribution < -0.4 is 5.32 Å². The Morgan fingerprint density at radius 3 is 2.70 bits per heavy atom. The number of para-hydroxylation sites is 1. The van der Waals surface area contributed by atoms with E-state index < -0.39 is 0 Å². The molecule has 3 nitrogen and oxygen atoms in total. The SMILES string of the molecule is O=C(N[C@H]1CCCc2ccccc21)c1cc(-c2cccc(Br)c2)nc2ccccc12. The smallest absolute Gasteiger partial charge is 0.252 e. The summed E-state index contributed by atoms with van der Waals surface area (Å²) in [5.74, 6) is -0.0495. The van der Waals surface area contributed by atoms with Gasteiger partial charge in [-0.1, -0.05) is 70.5 Å². The quantitative estimate of drug-likeness (QED) is 0.383. The van der Waals surface area contributed by atoms with Gasteiger partial charge in [0.05, 0.1) is 22.8 Å². The number of aromatic nitrogens is 1. The first kappa shape index (κ1) is 19.0. The summed E-state index contributed by atoms with van der Waals surface area (Å²) in [6.07, 6.45) is 3.13. The van der Waals surface area contributed by atoms with Crippen molar-refractivity contribution in [3.8, 4) is 11.3 Å². The Morgan fingerprint density at radius 2 is 1.80 bits per heavy atom. The molecule has 0 unspecified atom stereocenters. The van der Waals surface area contributed by atoms with E-state index >= 15 is 0 Å². The molecule has 1 amide bonds. The number of amides is 1. The summed E-state index contributed by atoms with van der Waals surface area (Å²) < 4.78 is 0.986. The zero-order valence-corrected chi connectivity index (χ0v) is 18.0. The van der Waals surface area contributed by atoms with Crippen LogP contribution in [0.2, 0.25) is 0 Å². The maximum atomic E-state index is 13.4. The van der Waals surface area contributed by atoms with E-state index in [4.69, 9.17) is 4.98 Å². The third-order valence-electron chi connectivity index (χ3n) is 5.76. The number of aryl methyl sites for hydroxylation is 1. The van der Waals surface area contributed by atoms with Crippen molar-refractivity contribution in [2.24, 2.45) is 0 Å². The highest BCUT2D eigenvalue weighted by Gasteiger charge is 2.23. The molecule has 30 heavy (non-hydrogen) atoms. The lowest BCUT2D eigenvalue weighted by molar-refractivity contribution is 0.0934. The molecular formula is C26H21BrN2O. The van der Waals surface area contributed by atoms with Crippen molar-refractivity contribution in [1.82, 2.24) is 10.3 Å². The average Bonchev–Trinajstić information content (AvgIpc) is 2.78. The summed E-state index contributed by atoms with van der Waals surface area (Å²) in [5.41, 5.74) is 5.84. The molecule has 5 rings (SSSR count). The first-order valence-electron chi connectivity index (χ1n) is 10.2. The van der Waals surface area contributed by atoms with Crippen LogP contribution in [0.3, 0.4) is 0 Å². The van der Waals surface area contributed by atoms with E-state index in [0.29, 0.717) is 5.56 Å². The molecule has 148 valence electrons. The van der Waals surface area contributed by atoms with Crippen molar-refractivity contribution < 1.29 is 4.79 Å². The van der Waals surface area contributed by atoms with Gasteiger partial charge in [0.1, 0.15) is 0 Å². The lowest BCUT2D eigenvalue weighted by Gasteiger charge is -2.26. The third-order valence-corrected chi connectivity index (χ3v) is 6.25. The molecule has 1 N–H and O–H groups in total. The minimum atomic E-state index is -0.0495. The van der Waals surface area contributed by atoms with Gasteiger partial charge in [-0.05, 0) is 54.7 Å². The topological polar surface area (TPSA) is 42.0 Å². The van der Waals surface area contributed by atoms with Crippen LogP contribution in [0.15, 0.2) is 83.3 Å². The van der Waals surface area contributed by atoms with Gasteiger partial charge in [-0.25, -0.2) is 4.98 Å². The van der Waals surface area contributed by atoms with Crippen LogP contribution >= 0.6 is 15.9 Å². The minimum Gasteiger partial charge on any atom is -0.345 e. The molecule has 1 heterocycles. The summed E-state index contributed by atoms with van der Waals surface area (Å²) in [4.78, 5) is 18.3. The number of halogens is 1. The number of hydrogen-bond acceptors (Lipinski definition) is 2. The Hall–Kier alpha value is -2.98. The molecule has 0 saturated carbocycles. The van der Waals surface area contributed by atoms with Gasteiger partial charge in [0.2, 0.25) is 0 Å². The molecular weight excluding hydrogens is 436 g/mol. The Labute approximate surface area is 184 Å². The monoisotopic (exact) mass is 456 g/mol. The zero-order valence-electron chi connectivity index (χ0n) is 16.4. The predicted octanol–water partition coefficient (Wildman–Crippen LogP) is 6.47. The highest BCUT2D eigenvalue weighted by molar-refractivity contribution is 9.10.